The number of esters is 2. The van der Waals surface area contributed by atoms with Crippen molar-refractivity contribution in [2.24, 2.45) is 0 Å². The Morgan fingerprint density at radius 1 is 0.435 bits per heavy atom. The second-order valence-electron chi connectivity index (χ2n) is 16.8. The predicted octanol–water partition coefficient (Wildman–Crippen LogP) is 16.2. The molecule has 0 bridgehead atoms. The zero-order chi connectivity index (χ0) is 45.3. The summed E-state index contributed by atoms with van der Waals surface area (Å²) in [5.41, 5.74) is 0. The van der Waals surface area contributed by atoms with Crippen molar-refractivity contribution in [3.63, 3.8) is 0 Å². The van der Waals surface area contributed by atoms with E-state index in [-0.39, 0.29) is 19.4 Å². The summed E-state index contributed by atoms with van der Waals surface area (Å²) in [4.78, 5) is 43.1. The molecule has 0 saturated carbocycles. The molecule has 9 heteroatoms. The van der Waals surface area contributed by atoms with E-state index in [4.69, 9.17) is 19.3 Å². The normalized spacial score (nSPS) is 13.0. The van der Waals surface area contributed by atoms with Gasteiger partial charge >= 0.3 is 19.8 Å². The van der Waals surface area contributed by atoms with Crippen molar-refractivity contribution in [3.05, 3.63) is 72.9 Å². The standard InChI is InChI=1S/C53H93O8P/c1-3-5-7-9-11-13-15-17-19-21-23-25-26-28-30-32-34-36-38-40-42-44-46-48-53(55)61-51(50-60-62(56,57)58)49-59-52(54)47-45-43-41-39-37-35-33-31-29-27-24-22-20-18-16-14-12-10-8-6-4-2/h5,7,11,13,16-19,22-25,51H,3-4,6,8-10,12,14-15,20-21,26-50H2,1-2H3,(H2,56,57,58)/b7-5-,13-11-,18-16-,19-17-,24-22-,25-23-. The van der Waals surface area contributed by atoms with Crippen molar-refractivity contribution in [2.45, 2.75) is 238 Å². The van der Waals surface area contributed by atoms with Crippen molar-refractivity contribution in [1.29, 1.82) is 0 Å². The molecule has 0 fully saturated rings. The molecule has 0 rings (SSSR count). The van der Waals surface area contributed by atoms with Gasteiger partial charge in [-0.25, -0.2) is 4.57 Å². The molecule has 8 nitrogen and oxygen atoms in total. The van der Waals surface area contributed by atoms with Gasteiger partial charge in [-0.1, -0.05) is 209 Å². The Labute approximate surface area is 380 Å². The van der Waals surface area contributed by atoms with Crippen LogP contribution in [0, 0.1) is 0 Å². The summed E-state index contributed by atoms with van der Waals surface area (Å²) in [6.07, 6.45) is 63.4. The molecule has 0 radical (unpaired) electrons. The van der Waals surface area contributed by atoms with Gasteiger partial charge in [-0.15, -0.1) is 0 Å². The first-order valence-electron chi connectivity index (χ1n) is 25.2. The van der Waals surface area contributed by atoms with Crippen molar-refractivity contribution in [2.75, 3.05) is 13.2 Å². The molecule has 0 aromatic carbocycles. The first-order valence-corrected chi connectivity index (χ1v) is 26.8. The largest absolute Gasteiger partial charge is 0.469 e. The van der Waals surface area contributed by atoms with Crippen LogP contribution in [0.25, 0.3) is 0 Å². The fourth-order valence-electron chi connectivity index (χ4n) is 6.98. The van der Waals surface area contributed by atoms with Gasteiger partial charge in [-0.2, -0.15) is 0 Å². The van der Waals surface area contributed by atoms with Gasteiger partial charge < -0.3 is 19.3 Å². The number of carbonyl (C=O) groups excluding carboxylic acids is 2. The van der Waals surface area contributed by atoms with Crippen LogP contribution in [0.4, 0.5) is 0 Å². The second kappa shape index (κ2) is 48.0. The number of ether oxygens (including phenoxy) is 2. The molecule has 2 N–H and O–H groups in total. The summed E-state index contributed by atoms with van der Waals surface area (Å²) >= 11 is 0. The molecule has 0 amide bonds. The summed E-state index contributed by atoms with van der Waals surface area (Å²) in [5.74, 6) is -0.892. The van der Waals surface area contributed by atoms with Crippen molar-refractivity contribution in [1.82, 2.24) is 0 Å². The van der Waals surface area contributed by atoms with Crippen LogP contribution in [0.15, 0.2) is 72.9 Å². The Morgan fingerprint density at radius 3 is 1.16 bits per heavy atom. The maximum absolute atomic E-state index is 12.5. The Morgan fingerprint density at radius 2 is 0.774 bits per heavy atom. The number of hydrogen-bond donors (Lipinski definition) is 2. The van der Waals surface area contributed by atoms with Gasteiger partial charge in [0.2, 0.25) is 0 Å². The number of unbranched alkanes of at least 4 members (excludes halogenated alkanes) is 24. The number of carbonyl (C=O) groups is 2. The first-order chi connectivity index (χ1) is 30.3. The molecule has 358 valence electrons. The Bertz CT molecular complexity index is 1230. The van der Waals surface area contributed by atoms with E-state index in [1.807, 2.05) is 0 Å². The van der Waals surface area contributed by atoms with Gasteiger partial charge in [0, 0.05) is 12.8 Å². The topological polar surface area (TPSA) is 119 Å². The average Bonchev–Trinajstić information content (AvgIpc) is 3.25. The zero-order valence-electron chi connectivity index (χ0n) is 39.8. The van der Waals surface area contributed by atoms with Crippen LogP contribution in [0.3, 0.4) is 0 Å². The highest BCUT2D eigenvalue weighted by molar-refractivity contribution is 7.46. The molecule has 0 saturated heterocycles. The molecule has 0 aliphatic rings. The molecular formula is C53H93O8P. The zero-order valence-corrected chi connectivity index (χ0v) is 40.6. The van der Waals surface area contributed by atoms with Crippen LogP contribution in [-0.4, -0.2) is 41.0 Å². The van der Waals surface area contributed by atoms with E-state index < -0.39 is 32.5 Å². The minimum Gasteiger partial charge on any atom is -0.462 e. The third-order valence-electron chi connectivity index (χ3n) is 10.7. The fourth-order valence-corrected chi connectivity index (χ4v) is 7.34. The highest BCUT2D eigenvalue weighted by atomic mass is 31.2. The van der Waals surface area contributed by atoms with Crippen LogP contribution in [0.1, 0.15) is 232 Å². The summed E-state index contributed by atoms with van der Waals surface area (Å²) < 4.78 is 26.5. The number of rotatable bonds is 46. The van der Waals surface area contributed by atoms with Crippen LogP contribution in [0.5, 0.6) is 0 Å². The predicted molar refractivity (Wildman–Crippen MR) is 262 cm³/mol. The lowest BCUT2D eigenvalue weighted by Crippen LogP contribution is -2.29. The summed E-state index contributed by atoms with van der Waals surface area (Å²) in [6, 6.07) is 0. The van der Waals surface area contributed by atoms with E-state index >= 15 is 0 Å². The third-order valence-corrected chi connectivity index (χ3v) is 11.2. The minimum atomic E-state index is -4.77. The van der Waals surface area contributed by atoms with Crippen molar-refractivity contribution in [3.8, 4) is 0 Å². The number of phosphoric ester groups is 1. The van der Waals surface area contributed by atoms with E-state index in [0.29, 0.717) is 6.42 Å². The van der Waals surface area contributed by atoms with Gasteiger partial charge in [-0.3, -0.25) is 14.1 Å². The van der Waals surface area contributed by atoms with Crippen LogP contribution >= 0.6 is 7.82 Å². The molecule has 0 aromatic heterocycles. The Balaban J connectivity index is 3.85. The Hall–Kier alpha value is -2.51. The van der Waals surface area contributed by atoms with Crippen molar-refractivity contribution < 1.29 is 37.9 Å². The van der Waals surface area contributed by atoms with Crippen molar-refractivity contribution >= 4 is 19.8 Å². The molecule has 0 aliphatic heterocycles. The van der Waals surface area contributed by atoms with Gasteiger partial charge in [0.15, 0.2) is 6.10 Å². The molecule has 1 unspecified atom stereocenters. The molecule has 62 heavy (non-hydrogen) atoms. The molecule has 0 aliphatic carbocycles. The van der Waals surface area contributed by atoms with E-state index in [2.05, 4.69) is 91.3 Å². The van der Waals surface area contributed by atoms with Crippen LogP contribution in [-0.2, 0) is 28.2 Å². The maximum Gasteiger partial charge on any atom is 0.469 e. The third kappa shape index (κ3) is 50.1. The van der Waals surface area contributed by atoms with Gasteiger partial charge in [0.05, 0.1) is 6.61 Å². The van der Waals surface area contributed by atoms with E-state index in [1.165, 1.54) is 109 Å². The smallest absolute Gasteiger partial charge is 0.462 e. The highest BCUT2D eigenvalue weighted by Gasteiger charge is 2.23. The lowest BCUT2D eigenvalue weighted by atomic mass is 10.0. The monoisotopic (exact) mass is 889 g/mol. The lowest BCUT2D eigenvalue weighted by Gasteiger charge is -2.18. The molecular weight excluding hydrogens is 796 g/mol. The molecule has 1 atom stereocenters. The first kappa shape index (κ1) is 59.5. The SMILES string of the molecule is CC/C=C\C/C=C\C/C=C\C/C=C\CCCCCCCCCCCCC(=O)OC(COC(=O)CCCCCCCCCCC/C=C\C/C=C\CCCCCCC)COP(=O)(O)O. The number of phosphoric acid groups is 1. The van der Waals surface area contributed by atoms with Gasteiger partial charge in [-0.05, 0) is 83.5 Å². The average molecular weight is 889 g/mol. The van der Waals surface area contributed by atoms with Gasteiger partial charge in [0.1, 0.15) is 6.61 Å². The van der Waals surface area contributed by atoms with Crippen LogP contribution < -0.4 is 0 Å². The van der Waals surface area contributed by atoms with E-state index in [9.17, 15) is 14.2 Å². The number of hydrogen-bond acceptors (Lipinski definition) is 6. The Kier molecular flexibility index (Phi) is 46.0. The lowest BCUT2D eigenvalue weighted by molar-refractivity contribution is -0.161. The fraction of sp³-hybridized carbons (Fsp3) is 0.736. The minimum absolute atomic E-state index is 0.203. The van der Waals surface area contributed by atoms with Gasteiger partial charge in [0.25, 0.3) is 0 Å². The highest BCUT2D eigenvalue weighted by Crippen LogP contribution is 2.36. The van der Waals surface area contributed by atoms with E-state index in [0.717, 1.165) is 89.9 Å². The molecule has 0 spiro atoms. The van der Waals surface area contributed by atoms with E-state index in [1.54, 1.807) is 0 Å². The quantitative estimate of drug-likeness (QED) is 0.0268. The molecule has 0 aromatic rings. The maximum atomic E-state index is 12.5. The summed E-state index contributed by atoms with van der Waals surface area (Å²) in [7, 11) is -4.77. The molecule has 0 heterocycles. The van der Waals surface area contributed by atoms with Crippen LogP contribution in [0.2, 0.25) is 0 Å². The number of allylic oxidation sites excluding steroid dienone is 12. The summed E-state index contributed by atoms with van der Waals surface area (Å²) in [6.45, 7) is 3.58. The second-order valence-corrected chi connectivity index (χ2v) is 18.0. The summed E-state index contributed by atoms with van der Waals surface area (Å²) in [5, 5.41) is 0.